The zero-order valence-corrected chi connectivity index (χ0v) is 14.6. The van der Waals surface area contributed by atoms with Crippen molar-refractivity contribution in [3.8, 4) is 0 Å². The van der Waals surface area contributed by atoms with Gasteiger partial charge in [0.25, 0.3) is 5.91 Å². The highest BCUT2D eigenvalue weighted by molar-refractivity contribution is 5.91. The Kier molecular flexibility index (Phi) is 5.87. The zero-order chi connectivity index (χ0) is 17.6. The summed E-state index contributed by atoms with van der Waals surface area (Å²) in [6, 6.07) is 10.6. The lowest BCUT2D eigenvalue weighted by Crippen LogP contribution is -2.35. The standard InChI is InChI=1S/C20H25FN2O2/c1-22-20(24)19-11-10-17(25-19)14-23-12-4-5-15(13-23)8-9-16-6-2-3-7-18(16)21/h2-3,6-7,10-11,15H,4-5,8-9,12-14H2,1H3,(H,22,24). The molecule has 3 rings (SSSR count). The molecule has 2 heterocycles. The summed E-state index contributed by atoms with van der Waals surface area (Å²) in [5.41, 5.74) is 0.806. The van der Waals surface area contributed by atoms with E-state index in [1.54, 1.807) is 19.2 Å². The summed E-state index contributed by atoms with van der Waals surface area (Å²) in [4.78, 5) is 13.9. The van der Waals surface area contributed by atoms with Crippen LogP contribution in [0.5, 0.6) is 0 Å². The number of nitrogens with one attached hydrogen (secondary N) is 1. The molecule has 25 heavy (non-hydrogen) atoms. The van der Waals surface area contributed by atoms with E-state index < -0.39 is 0 Å². The molecular weight excluding hydrogens is 319 g/mol. The number of halogens is 1. The van der Waals surface area contributed by atoms with Gasteiger partial charge in [-0.25, -0.2) is 4.39 Å². The number of carbonyl (C=O) groups excluding carboxylic acids is 1. The van der Waals surface area contributed by atoms with Crippen molar-refractivity contribution in [3.63, 3.8) is 0 Å². The first kappa shape index (κ1) is 17.7. The van der Waals surface area contributed by atoms with Crippen LogP contribution in [0.4, 0.5) is 4.39 Å². The van der Waals surface area contributed by atoms with Gasteiger partial charge in [-0.2, -0.15) is 0 Å². The molecule has 5 heteroatoms. The number of piperidine rings is 1. The van der Waals surface area contributed by atoms with Crippen LogP contribution in [0.15, 0.2) is 40.8 Å². The summed E-state index contributed by atoms with van der Waals surface area (Å²) in [6.45, 7) is 2.74. The van der Waals surface area contributed by atoms with Gasteiger partial charge in [0.1, 0.15) is 11.6 Å². The van der Waals surface area contributed by atoms with E-state index in [4.69, 9.17) is 4.42 Å². The quantitative estimate of drug-likeness (QED) is 0.870. The Labute approximate surface area is 148 Å². The van der Waals surface area contributed by atoms with Gasteiger partial charge in [0.15, 0.2) is 5.76 Å². The topological polar surface area (TPSA) is 45.5 Å². The first-order chi connectivity index (χ1) is 12.2. The molecule has 0 aliphatic carbocycles. The van der Waals surface area contributed by atoms with Gasteiger partial charge in [0.05, 0.1) is 6.54 Å². The van der Waals surface area contributed by atoms with Crippen molar-refractivity contribution in [2.24, 2.45) is 5.92 Å². The number of furan rings is 1. The third kappa shape index (κ3) is 4.69. The van der Waals surface area contributed by atoms with Crippen molar-refractivity contribution >= 4 is 5.91 Å². The Hall–Kier alpha value is -2.14. The fraction of sp³-hybridized carbons (Fsp3) is 0.450. The minimum absolute atomic E-state index is 0.104. The fourth-order valence-corrected chi connectivity index (χ4v) is 3.52. The van der Waals surface area contributed by atoms with E-state index >= 15 is 0 Å². The van der Waals surface area contributed by atoms with Gasteiger partial charge < -0.3 is 9.73 Å². The molecule has 0 radical (unpaired) electrons. The molecule has 1 aromatic heterocycles. The smallest absolute Gasteiger partial charge is 0.286 e. The summed E-state index contributed by atoms with van der Waals surface area (Å²) in [7, 11) is 1.59. The lowest BCUT2D eigenvalue weighted by atomic mass is 9.91. The van der Waals surface area contributed by atoms with Crippen molar-refractivity contribution in [3.05, 3.63) is 59.3 Å². The summed E-state index contributed by atoms with van der Waals surface area (Å²) < 4.78 is 19.4. The first-order valence-electron chi connectivity index (χ1n) is 8.92. The fourth-order valence-electron chi connectivity index (χ4n) is 3.52. The Morgan fingerprint density at radius 1 is 1.32 bits per heavy atom. The SMILES string of the molecule is CNC(=O)c1ccc(CN2CCCC(CCc3ccccc3F)C2)o1. The Morgan fingerprint density at radius 2 is 2.16 bits per heavy atom. The van der Waals surface area contributed by atoms with Crippen molar-refractivity contribution in [2.45, 2.75) is 32.2 Å². The molecule has 1 saturated heterocycles. The van der Waals surface area contributed by atoms with Crippen molar-refractivity contribution in [2.75, 3.05) is 20.1 Å². The highest BCUT2D eigenvalue weighted by Crippen LogP contribution is 2.24. The van der Waals surface area contributed by atoms with Gasteiger partial charge in [-0.1, -0.05) is 18.2 Å². The molecule has 0 saturated carbocycles. The highest BCUT2D eigenvalue weighted by Gasteiger charge is 2.21. The molecule has 0 bridgehead atoms. The number of nitrogens with zero attached hydrogens (tertiary/aromatic N) is 1. The Bertz CT molecular complexity index is 713. The number of amides is 1. The average molecular weight is 344 g/mol. The number of carbonyl (C=O) groups is 1. The minimum Gasteiger partial charge on any atom is -0.455 e. The molecule has 134 valence electrons. The number of rotatable bonds is 6. The monoisotopic (exact) mass is 344 g/mol. The second-order valence-corrected chi connectivity index (χ2v) is 6.72. The largest absolute Gasteiger partial charge is 0.455 e. The van der Waals surface area contributed by atoms with Crippen LogP contribution in [0.3, 0.4) is 0 Å². The molecule has 1 aliphatic heterocycles. The van der Waals surface area contributed by atoms with Crippen LogP contribution < -0.4 is 5.32 Å². The number of likely N-dealkylation sites (tertiary alicyclic amines) is 1. The summed E-state index contributed by atoms with van der Waals surface area (Å²) >= 11 is 0. The van der Waals surface area contributed by atoms with Crippen LogP contribution in [-0.4, -0.2) is 30.9 Å². The van der Waals surface area contributed by atoms with Crippen molar-refractivity contribution < 1.29 is 13.6 Å². The molecule has 1 aliphatic rings. The van der Waals surface area contributed by atoms with Gasteiger partial charge in [-0.05, 0) is 61.9 Å². The lowest BCUT2D eigenvalue weighted by molar-refractivity contribution is 0.0929. The van der Waals surface area contributed by atoms with Crippen molar-refractivity contribution in [1.29, 1.82) is 0 Å². The summed E-state index contributed by atoms with van der Waals surface area (Å²) in [5.74, 6) is 1.43. The van der Waals surface area contributed by atoms with E-state index in [0.29, 0.717) is 18.2 Å². The molecule has 1 amide bonds. The van der Waals surface area contributed by atoms with Gasteiger partial charge in [0.2, 0.25) is 0 Å². The third-order valence-corrected chi connectivity index (χ3v) is 4.87. The molecule has 1 fully saturated rings. The molecule has 4 nitrogen and oxygen atoms in total. The maximum atomic E-state index is 13.7. The van der Waals surface area contributed by atoms with E-state index in [9.17, 15) is 9.18 Å². The van der Waals surface area contributed by atoms with Crippen LogP contribution in [0, 0.1) is 11.7 Å². The number of aryl methyl sites for hydroxylation is 1. The van der Waals surface area contributed by atoms with Crippen LogP contribution in [0.1, 0.15) is 41.1 Å². The molecule has 1 atom stereocenters. The van der Waals surface area contributed by atoms with Crippen LogP contribution in [0.2, 0.25) is 0 Å². The van der Waals surface area contributed by atoms with Crippen LogP contribution in [0.25, 0.3) is 0 Å². The second-order valence-electron chi connectivity index (χ2n) is 6.72. The Balaban J connectivity index is 1.52. The molecule has 0 spiro atoms. The van der Waals surface area contributed by atoms with E-state index in [-0.39, 0.29) is 11.7 Å². The van der Waals surface area contributed by atoms with Crippen LogP contribution in [-0.2, 0) is 13.0 Å². The maximum absolute atomic E-state index is 13.7. The summed E-state index contributed by atoms with van der Waals surface area (Å²) in [6.07, 6.45) is 4.11. The minimum atomic E-state index is -0.201. The van der Waals surface area contributed by atoms with E-state index in [1.807, 2.05) is 18.2 Å². The van der Waals surface area contributed by atoms with Crippen LogP contribution >= 0.6 is 0 Å². The number of hydrogen-bond donors (Lipinski definition) is 1. The maximum Gasteiger partial charge on any atom is 0.286 e. The van der Waals surface area contributed by atoms with Crippen molar-refractivity contribution in [1.82, 2.24) is 10.2 Å². The molecular formula is C20H25FN2O2. The third-order valence-electron chi connectivity index (χ3n) is 4.87. The summed E-state index contributed by atoms with van der Waals surface area (Å²) in [5, 5.41) is 2.57. The number of benzene rings is 1. The second kappa shape index (κ2) is 8.30. The average Bonchev–Trinajstić information content (AvgIpc) is 3.09. The molecule has 1 N–H and O–H groups in total. The zero-order valence-electron chi connectivity index (χ0n) is 14.6. The van der Waals surface area contributed by atoms with Gasteiger partial charge in [0, 0.05) is 13.6 Å². The predicted molar refractivity (Wildman–Crippen MR) is 94.8 cm³/mol. The Morgan fingerprint density at radius 3 is 2.96 bits per heavy atom. The van der Waals surface area contributed by atoms with Gasteiger partial charge >= 0.3 is 0 Å². The molecule has 1 aromatic carbocycles. The van der Waals surface area contributed by atoms with Gasteiger partial charge in [-0.3, -0.25) is 9.69 Å². The molecule has 1 unspecified atom stereocenters. The highest BCUT2D eigenvalue weighted by atomic mass is 19.1. The lowest BCUT2D eigenvalue weighted by Gasteiger charge is -2.32. The van der Waals surface area contributed by atoms with E-state index in [1.165, 1.54) is 12.5 Å². The van der Waals surface area contributed by atoms with E-state index in [0.717, 1.165) is 43.7 Å². The van der Waals surface area contributed by atoms with Gasteiger partial charge in [-0.15, -0.1) is 0 Å². The molecule has 2 aromatic rings. The van der Waals surface area contributed by atoms with E-state index in [2.05, 4.69) is 10.2 Å². The predicted octanol–water partition coefficient (Wildman–Crippen LogP) is 3.62. The first-order valence-corrected chi connectivity index (χ1v) is 8.92. The normalized spacial score (nSPS) is 18.2. The number of hydrogen-bond acceptors (Lipinski definition) is 3.